The summed E-state index contributed by atoms with van der Waals surface area (Å²) in [7, 11) is 0. The van der Waals surface area contributed by atoms with E-state index in [1.807, 2.05) is 24.3 Å². The Kier molecular flexibility index (Phi) is 4.68. The van der Waals surface area contributed by atoms with Gasteiger partial charge >= 0.3 is 0 Å². The third kappa shape index (κ3) is 3.94. The molecule has 0 saturated heterocycles. The molecule has 6 nitrogen and oxygen atoms in total. The topological polar surface area (TPSA) is 72.7 Å². The average molecular weight is 393 g/mol. The van der Waals surface area contributed by atoms with E-state index in [2.05, 4.69) is 36.8 Å². The third-order valence-corrected chi connectivity index (χ3v) is 3.78. The molecule has 0 atom stereocenters. The Morgan fingerprint density at radius 3 is 2.74 bits per heavy atom. The zero-order valence-electron chi connectivity index (χ0n) is 11.8. The minimum Gasteiger partial charge on any atom is -0.324 e. The molecule has 0 bridgehead atoms. The predicted molar refractivity (Wildman–Crippen MR) is 91.0 cm³/mol. The molecule has 0 spiro atoms. The van der Waals surface area contributed by atoms with Crippen molar-refractivity contribution < 1.29 is 4.79 Å². The predicted octanol–water partition coefficient (Wildman–Crippen LogP) is 3.39. The lowest BCUT2D eigenvalue weighted by atomic mass is 10.2. The Balaban J connectivity index is 1.75. The van der Waals surface area contributed by atoms with Gasteiger partial charge in [0, 0.05) is 20.7 Å². The summed E-state index contributed by atoms with van der Waals surface area (Å²) >= 11 is 9.23. The van der Waals surface area contributed by atoms with Crippen LogP contribution in [-0.2, 0) is 11.3 Å². The number of nitrogens with one attached hydrogen (secondary N) is 1. The number of amides is 1. The number of hydrogen-bond acceptors (Lipinski definition) is 4. The van der Waals surface area contributed by atoms with E-state index in [1.54, 1.807) is 24.3 Å². The Bertz CT molecular complexity index is 834. The molecule has 0 aliphatic heterocycles. The number of carbonyl (C=O) groups excluding carboxylic acids is 1. The van der Waals surface area contributed by atoms with Crippen LogP contribution in [0.25, 0.3) is 11.4 Å². The van der Waals surface area contributed by atoms with Gasteiger partial charge in [-0.3, -0.25) is 4.79 Å². The highest BCUT2D eigenvalue weighted by Crippen LogP contribution is 2.19. The van der Waals surface area contributed by atoms with Crippen molar-refractivity contribution in [2.45, 2.75) is 6.54 Å². The minimum atomic E-state index is -0.217. The molecule has 0 fully saturated rings. The summed E-state index contributed by atoms with van der Waals surface area (Å²) in [6.45, 7) is 0.0114. The highest BCUT2D eigenvalue weighted by molar-refractivity contribution is 9.10. The number of aromatic nitrogens is 4. The van der Waals surface area contributed by atoms with Crippen molar-refractivity contribution in [2.75, 3.05) is 5.32 Å². The lowest BCUT2D eigenvalue weighted by Crippen LogP contribution is -2.20. The second kappa shape index (κ2) is 6.89. The summed E-state index contributed by atoms with van der Waals surface area (Å²) < 4.78 is 2.33. The van der Waals surface area contributed by atoms with E-state index in [0.29, 0.717) is 16.5 Å². The highest BCUT2D eigenvalue weighted by Gasteiger charge is 2.12. The second-order valence-corrected chi connectivity index (χ2v) is 6.08. The van der Waals surface area contributed by atoms with Gasteiger partial charge in [0.25, 0.3) is 0 Å². The van der Waals surface area contributed by atoms with Crippen LogP contribution in [0, 0.1) is 0 Å². The molecule has 0 unspecified atom stereocenters. The van der Waals surface area contributed by atoms with E-state index in [9.17, 15) is 4.79 Å². The van der Waals surface area contributed by atoms with Crippen LogP contribution >= 0.6 is 27.5 Å². The molecule has 0 saturated carbocycles. The maximum absolute atomic E-state index is 12.2. The second-order valence-electron chi connectivity index (χ2n) is 4.73. The molecule has 1 heterocycles. The van der Waals surface area contributed by atoms with Crippen LogP contribution in [-0.4, -0.2) is 26.1 Å². The molecule has 3 aromatic rings. The van der Waals surface area contributed by atoms with Crippen molar-refractivity contribution in [2.24, 2.45) is 0 Å². The van der Waals surface area contributed by atoms with Crippen LogP contribution in [0.15, 0.2) is 53.0 Å². The normalized spacial score (nSPS) is 10.5. The number of hydrogen-bond donors (Lipinski definition) is 1. The van der Waals surface area contributed by atoms with Gasteiger partial charge in [0.1, 0.15) is 6.54 Å². The molecular weight excluding hydrogens is 382 g/mol. The van der Waals surface area contributed by atoms with Gasteiger partial charge in [-0.25, -0.2) is 4.68 Å². The molecule has 1 aromatic heterocycles. The van der Waals surface area contributed by atoms with Crippen molar-refractivity contribution in [1.29, 1.82) is 0 Å². The number of rotatable bonds is 4. The van der Waals surface area contributed by atoms with Gasteiger partial charge in [0.15, 0.2) is 5.82 Å². The fourth-order valence-electron chi connectivity index (χ4n) is 2.02. The van der Waals surface area contributed by atoms with Crippen LogP contribution in [0.3, 0.4) is 0 Å². The Morgan fingerprint density at radius 1 is 1.22 bits per heavy atom. The van der Waals surface area contributed by atoms with Gasteiger partial charge in [0.05, 0.1) is 0 Å². The van der Waals surface area contributed by atoms with E-state index in [4.69, 9.17) is 11.6 Å². The first kappa shape index (κ1) is 15.6. The van der Waals surface area contributed by atoms with Crippen LogP contribution in [0.1, 0.15) is 0 Å². The maximum Gasteiger partial charge on any atom is 0.246 e. The number of anilines is 1. The van der Waals surface area contributed by atoms with E-state index in [-0.39, 0.29) is 12.5 Å². The SMILES string of the molecule is O=C(Cn1nnnc1-c1ccc(Cl)cc1)Nc1cccc(Br)c1. The van der Waals surface area contributed by atoms with E-state index < -0.39 is 0 Å². The zero-order valence-corrected chi connectivity index (χ0v) is 14.1. The van der Waals surface area contributed by atoms with Crippen LogP contribution in [0.2, 0.25) is 5.02 Å². The summed E-state index contributed by atoms with van der Waals surface area (Å²) in [6.07, 6.45) is 0. The van der Waals surface area contributed by atoms with Gasteiger partial charge in [-0.15, -0.1) is 5.10 Å². The van der Waals surface area contributed by atoms with Crippen molar-refractivity contribution in [3.05, 3.63) is 58.0 Å². The maximum atomic E-state index is 12.2. The number of tetrazole rings is 1. The van der Waals surface area contributed by atoms with Crippen LogP contribution in [0.4, 0.5) is 5.69 Å². The first-order chi connectivity index (χ1) is 11.1. The van der Waals surface area contributed by atoms with Gasteiger partial charge in [-0.1, -0.05) is 33.6 Å². The van der Waals surface area contributed by atoms with Crippen molar-refractivity contribution in [3.8, 4) is 11.4 Å². The summed E-state index contributed by atoms with van der Waals surface area (Å²) in [4.78, 5) is 12.2. The monoisotopic (exact) mass is 391 g/mol. The summed E-state index contributed by atoms with van der Waals surface area (Å²) in [5.41, 5.74) is 1.49. The minimum absolute atomic E-state index is 0.0114. The van der Waals surface area contributed by atoms with Gasteiger partial charge in [-0.2, -0.15) is 0 Å². The van der Waals surface area contributed by atoms with Gasteiger partial charge in [0.2, 0.25) is 5.91 Å². The molecule has 1 amide bonds. The number of benzene rings is 2. The molecular formula is C15H11BrClN5O. The number of nitrogens with zero attached hydrogens (tertiary/aromatic N) is 4. The molecule has 0 radical (unpaired) electrons. The summed E-state index contributed by atoms with van der Waals surface area (Å²) in [6, 6.07) is 14.5. The number of halogens is 2. The van der Waals surface area contributed by atoms with Crippen LogP contribution < -0.4 is 5.32 Å². The van der Waals surface area contributed by atoms with Crippen molar-refractivity contribution in [1.82, 2.24) is 20.2 Å². The van der Waals surface area contributed by atoms with Gasteiger partial charge < -0.3 is 5.32 Å². The van der Waals surface area contributed by atoms with E-state index >= 15 is 0 Å². The Morgan fingerprint density at radius 2 is 2.00 bits per heavy atom. The first-order valence-corrected chi connectivity index (χ1v) is 7.86. The molecule has 8 heteroatoms. The average Bonchev–Trinajstić information content (AvgIpc) is 2.96. The molecule has 116 valence electrons. The first-order valence-electron chi connectivity index (χ1n) is 6.69. The van der Waals surface area contributed by atoms with Crippen molar-refractivity contribution in [3.63, 3.8) is 0 Å². The summed E-state index contributed by atoms with van der Waals surface area (Å²) in [5, 5.41) is 14.9. The zero-order chi connectivity index (χ0) is 16.2. The van der Waals surface area contributed by atoms with Crippen molar-refractivity contribution >= 4 is 39.1 Å². The Labute approximate surface area is 145 Å². The molecule has 2 aromatic carbocycles. The molecule has 23 heavy (non-hydrogen) atoms. The lowest BCUT2D eigenvalue weighted by molar-refractivity contribution is -0.116. The highest BCUT2D eigenvalue weighted by atomic mass is 79.9. The van der Waals surface area contributed by atoms with Crippen LogP contribution in [0.5, 0.6) is 0 Å². The fraction of sp³-hybridized carbons (Fsp3) is 0.0667. The molecule has 1 N–H and O–H groups in total. The van der Waals surface area contributed by atoms with Gasteiger partial charge in [-0.05, 0) is 52.9 Å². The quantitative estimate of drug-likeness (QED) is 0.738. The molecule has 0 aliphatic carbocycles. The largest absolute Gasteiger partial charge is 0.324 e. The Hall–Kier alpha value is -2.25. The van der Waals surface area contributed by atoms with E-state index in [0.717, 1.165) is 10.0 Å². The standard InChI is InChI=1S/C15H11BrClN5O/c16-11-2-1-3-13(8-11)18-14(23)9-22-15(19-20-21-22)10-4-6-12(17)7-5-10/h1-8H,9H2,(H,18,23). The molecule has 0 aliphatic rings. The summed E-state index contributed by atoms with van der Waals surface area (Å²) in [5.74, 6) is 0.289. The number of carbonyl (C=O) groups is 1. The smallest absolute Gasteiger partial charge is 0.246 e. The molecule has 3 rings (SSSR count). The van der Waals surface area contributed by atoms with E-state index in [1.165, 1.54) is 4.68 Å². The lowest BCUT2D eigenvalue weighted by Gasteiger charge is -2.07. The third-order valence-electron chi connectivity index (χ3n) is 3.04. The fourth-order valence-corrected chi connectivity index (χ4v) is 2.54.